The predicted molar refractivity (Wildman–Crippen MR) is 41.4 cm³/mol. The Morgan fingerprint density at radius 1 is 1.44 bits per heavy atom. The van der Waals surface area contributed by atoms with Crippen LogP contribution in [0.1, 0.15) is 33.6 Å². The molecule has 0 saturated heterocycles. The molecule has 0 bridgehead atoms. The summed E-state index contributed by atoms with van der Waals surface area (Å²) in [5.41, 5.74) is 4.64. The molecule has 0 unspecified atom stereocenters. The normalized spacial score (nSPS) is 18.8. The highest BCUT2D eigenvalue weighted by Gasteiger charge is 2.07. The average Bonchev–Trinajstić information content (AvgIpc) is 2.12. The Kier molecular flexibility index (Phi) is 1.75. The molecule has 0 atom stereocenters. The molecule has 9 heavy (non-hydrogen) atoms. The summed E-state index contributed by atoms with van der Waals surface area (Å²) in [6.07, 6.45) is 4.71. The van der Waals surface area contributed by atoms with Crippen molar-refractivity contribution in [2.45, 2.75) is 33.6 Å². The van der Waals surface area contributed by atoms with Crippen molar-refractivity contribution < 1.29 is 0 Å². The third-order valence-electron chi connectivity index (χ3n) is 2.06. The molecule has 0 amide bonds. The van der Waals surface area contributed by atoms with Crippen LogP contribution in [0, 0.1) is 0 Å². The summed E-state index contributed by atoms with van der Waals surface area (Å²) < 4.78 is 0. The Labute approximate surface area is 57.3 Å². The number of rotatable bonds is 1. The van der Waals surface area contributed by atoms with E-state index < -0.39 is 0 Å². The van der Waals surface area contributed by atoms with Crippen molar-refractivity contribution in [3.05, 3.63) is 22.8 Å². The Morgan fingerprint density at radius 2 is 2.11 bits per heavy atom. The van der Waals surface area contributed by atoms with Gasteiger partial charge in [0.1, 0.15) is 0 Å². The lowest BCUT2D eigenvalue weighted by Gasteiger charge is -1.99. The first-order chi connectivity index (χ1) is 4.25. The molecular formula is C9H14. The SMILES string of the molecule is CCC1=C(C)CC=C1C. The maximum Gasteiger partial charge on any atom is -0.0130 e. The zero-order valence-corrected chi connectivity index (χ0v) is 6.49. The first-order valence-electron chi connectivity index (χ1n) is 3.61. The van der Waals surface area contributed by atoms with Crippen LogP contribution in [0.25, 0.3) is 0 Å². The van der Waals surface area contributed by atoms with Gasteiger partial charge in [-0.05, 0) is 32.3 Å². The van der Waals surface area contributed by atoms with E-state index in [-0.39, 0.29) is 0 Å². The summed E-state index contributed by atoms with van der Waals surface area (Å²) in [5.74, 6) is 0. The van der Waals surface area contributed by atoms with E-state index in [1.165, 1.54) is 18.4 Å². The van der Waals surface area contributed by atoms with E-state index in [0.717, 1.165) is 0 Å². The molecule has 0 N–H and O–H groups in total. The predicted octanol–water partition coefficient (Wildman–Crippen LogP) is 3.06. The lowest BCUT2D eigenvalue weighted by atomic mass is 10.1. The molecule has 0 radical (unpaired) electrons. The van der Waals surface area contributed by atoms with Gasteiger partial charge in [0.2, 0.25) is 0 Å². The van der Waals surface area contributed by atoms with Gasteiger partial charge < -0.3 is 0 Å². The van der Waals surface area contributed by atoms with Crippen LogP contribution >= 0.6 is 0 Å². The van der Waals surface area contributed by atoms with Gasteiger partial charge in [-0.25, -0.2) is 0 Å². The minimum Gasteiger partial charge on any atom is -0.0772 e. The minimum atomic E-state index is 1.19. The highest BCUT2D eigenvalue weighted by atomic mass is 14.1. The van der Waals surface area contributed by atoms with E-state index in [9.17, 15) is 0 Å². The molecule has 1 aliphatic carbocycles. The molecule has 0 aromatic heterocycles. The summed E-state index contributed by atoms with van der Waals surface area (Å²) in [5, 5.41) is 0. The largest absolute Gasteiger partial charge is 0.0772 e. The Hall–Kier alpha value is -0.520. The smallest absolute Gasteiger partial charge is 0.0130 e. The molecular weight excluding hydrogens is 108 g/mol. The van der Waals surface area contributed by atoms with Gasteiger partial charge in [0.15, 0.2) is 0 Å². The van der Waals surface area contributed by atoms with Crippen LogP contribution in [0.2, 0.25) is 0 Å². The van der Waals surface area contributed by atoms with Gasteiger partial charge in [-0.1, -0.05) is 24.1 Å². The standard InChI is InChI=1S/C9H14/c1-4-9-7(2)5-6-8(9)3/h5H,4,6H2,1-3H3. The molecule has 0 spiro atoms. The fourth-order valence-electron chi connectivity index (χ4n) is 1.47. The average molecular weight is 122 g/mol. The third kappa shape index (κ3) is 1.07. The van der Waals surface area contributed by atoms with E-state index in [0.29, 0.717) is 0 Å². The molecule has 0 aliphatic heterocycles. The van der Waals surface area contributed by atoms with Gasteiger partial charge in [-0.2, -0.15) is 0 Å². The van der Waals surface area contributed by atoms with E-state index in [2.05, 4.69) is 26.8 Å². The molecule has 0 saturated carbocycles. The lowest BCUT2D eigenvalue weighted by molar-refractivity contribution is 1.08. The Balaban J connectivity index is 2.83. The first-order valence-corrected chi connectivity index (χ1v) is 3.61. The first kappa shape index (κ1) is 6.60. The van der Waals surface area contributed by atoms with E-state index in [1.807, 2.05) is 0 Å². The summed E-state index contributed by atoms with van der Waals surface area (Å²) in [4.78, 5) is 0. The van der Waals surface area contributed by atoms with Crippen molar-refractivity contribution in [2.75, 3.05) is 0 Å². The molecule has 0 aromatic rings. The maximum absolute atomic E-state index is 2.31. The van der Waals surface area contributed by atoms with Crippen molar-refractivity contribution in [1.82, 2.24) is 0 Å². The summed E-state index contributed by atoms with van der Waals surface area (Å²) >= 11 is 0. The molecule has 1 rings (SSSR count). The lowest BCUT2D eigenvalue weighted by Crippen LogP contribution is -1.80. The highest BCUT2D eigenvalue weighted by molar-refractivity contribution is 5.39. The van der Waals surface area contributed by atoms with Crippen molar-refractivity contribution in [3.63, 3.8) is 0 Å². The van der Waals surface area contributed by atoms with Crippen LogP contribution in [0.5, 0.6) is 0 Å². The van der Waals surface area contributed by atoms with Crippen molar-refractivity contribution >= 4 is 0 Å². The van der Waals surface area contributed by atoms with Gasteiger partial charge in [-0.15, -0.1) is 0 Å². The fourth-order valence-corrected chi connectivity index (χ4v) is 1.47. The van der Waals surface area contributed by atoms with Gasteiger partial charge in [0, 0.05) is 0 Å². The molecule has 1 aliphatic rings. The van der Waals surface area contributed by atoms with Crippen LogP contribution < -0.4 is 0 Å². The van der Waals surface area contributed by atoms with Crippen LogP contribution in [0.15, 0.2) is 22.8 Å². The second-order valence-electron chi connectivity index (χ2n) is 2.70. The van der Waals surface area contributed by atoms with Gasteiger partial charge in [0.25, 0.3) is 0 Å². The number of allylic oxidation sites excluding steroid dienone is 4. The van der Waals surface area contributed by atoms with Gasteiger partial charge in [-0.3, -0.25) is 0 Å². The van der Waals surface area contributed by atoms with Crippen LogP contribution in [-0.2, 0) is 0 Å². The van der Waals surface area contributed by atoms with Gasteiger partial charge in [0.05, 0.1) is 0 Å². The third-order valence-corrected chi connectivity index (χ3v) is 2.06. The maximum atomic E-state index is 2.31. The van der Waals surface area contributed by atoms with E-state index in [1.54, 1.807) is 11.1 Å². The summed E-state index contributed by atoms with van der Waals surface area (Å²) in [6.45, 7) is 6.66. The molecule has 0 fully saturated rings. The van der Waals surface area contributed by atoms with Gasteiger partial charge >= 0.3 is 0 Å². The van der Waals surface area contributed by atoms with Crippen molar-refractivity contribution in [1.29, 1.82) is 0 Å². The topological polar surface area (TPSA) is 0 Å². The zero-order chi connectivity index (χ0) is 6.85. The fraction of sp³-hybridized carbons (Fsp3) is 0.556. The second-order valence-corrected chi connectivity index (χ2v) is 2.70. The molecule has 0 nitrogen and oxygen atoms in total. The monoisotopic (exact) mass is 122 g/mol. The summed E-state index contributed by atoms with van der Waals surface area (Å²) in [6, 6.07) is 0. The zero-order valence-electron chi connectivity index (χ0n) is 6.49. The van der Waals surface area contributed by atoms with Crippen LogP contribution in [0.4, 0.5) is 0 Å². The number of hydrogen-bond donors (Lipinski definition) is 0. The number of hydrogen-bond acceptors (Lipinski definition) is 0. The van der Waals surface area contributed by atoms with Crippen molar-refractivity contribution in [3.8, 4) is 0 Å². The minimum absolute atomic E-state index is 1.19. The Bertz CT molecular complexity index is 170. The molecule has 50 valence electrons. The molecule has 0 heterocycles. The van der Waals surface area contributed by atoms with Crippen molar-refractivity contribution in [2.24, 2.45) is 0 Å². The second kappa shape index (κ2) is 2.38. The quantitative estimate of drug-likeness (QED) is 0.501. The highest BCUT2D eigenvalue weighted by Crippen LogP contribution is 2.27. The summed E-state index contributed by atoms with van der Waals surface area (Å²) in [7, 11) is 0. The van der Waals surface area contributed by atoms with E-state index >= 15 is 0 Å². The van der Waals surface area contributed by atoms with E-state index in [4.69, 9.17) is 0 Å². The van der Waals surface area contributed by atoms with Crippen LogP contribution in [-0.4, -0.2) is 0 Å². The molecule has 0 aromatic carbocycles. The molecule has 0 heteroatoms. The Morgan fingerprint density at radius 3 is 2.33 bits per heavy atom. The van der Waals surface area contributed by atoms with Crippen LogP contribution in [0.3, 0.4) is 0 Å².